The molecular formula is C20H16BrClN2O3S. The Morgan fingerprint density at radius 1 is 1.32 bits per heavy atom. The van der Waals surface area contributed by atoms with Crippen LogP contribution in [-0.2, 0) is 4.79 Å². The zero-order valence-electron chi connectivity index (χ0n) is 14.9. The minimum Gasteiger partial charge on any atom is -0.493 e. The van der Waals surface area contributed by atoms with Gasteiger partial charge in [0.1, 0.15) is 6.61 Å². The number of nitrogens with one attached hydrogen (secondary N) is 1. The summed E-state index contributed by atoms with van der Waals surface area (Å²) in [4.78, 5) is 17.3. The van der Waals surface area contributed by atoms with Gasteiger partial charge in [-0.15, -0.1) is 0 Å². The van der Waals surface area contributed by atoms with Gasteiger partial charge in [0, 0.05) is 5.02 Å². The number of rotatable bonds is 6. The summed E-state index contributed by atoms with van der Waals surface area (Å²) in [5, 5.41) is 3.91. The number of amides is 1. The van der Waals surface area contributed by atoms with E-state index in [1.54, 1.807) is 49.6 Å². The predicted molar refractivity (Wildman–Crippen MR) is 119 cm³/mol. The van der Waals surface area contributed by atoms with Gasteiger partial charge < -0.3 is 14.8 Å². The molecule has 8 heteroatoms. The lowest BCUT2D eigenvalue weighted by Gasteiger charge is -2.12. The molecule has 1 saturated heterocycles. The van der Waals surface area contributed by atoms with E-state index in [4.69, 9.17) is 21.1 Å². The zero-order chi connectivity index (χ0) is 20.1. The van der Waals surface area contributed by atoms with Crippen LogP contribution in [0.25, 0.3) is 6.08 Å². The molecule has 1 heterocycles. The number of amidine groups is 1. The van der Waals surface area contributed by atoms with Crippen molar-refractivity contribution in [2.45, 2.75) is 0 Å². The predicted octanol–water partition coefficient (Wildman–Crippen LogP) is 5.57. The first-order valence-corrected chi connectivity index (χ1v) is 10.2. The maximum absolute atomic E-state index is 12.3. The second kappa shape index (κ2) is 9.32. The van der Waals surface area contributed by atoms with Crippen LogP contribution in [0.2, 0.25) is 5.02 Å². The van der Waals surface area contributed by atoms with Gasteiger partial charge in [-0.25, -0.2) is 4.99 Å². The first-order chi connectivity index (χ1) is 13.5. The summed E-state index contributed by atoms with van der Waals surface area (Å²) in [5.41, 5.74) is 1.50. The lowest BCUT2D eigenvalue weighted by molar-refractivity contribution is -0.115. The molecular weight excluding hydrogens is 464 g/mol. The zero-order valence-corrected chi connectivity index (χ0v) is 18.0. The molecule has 0 atom stereocenters. The van der Waals surface area contributed by atoms with Crippen LogP contribution >= 0.6 is 39.3 Å². The highest BCUT2D eigenvalue weighted by molar-refractivity contribution is 9.10. The molecule has 0 aromatic heterocycles. The van der Waals surface area contributed by atoms with Gasteiger partial charge in [0.15, 0.2) is 16.7 Å². The Kier molecular flexibility index (Phi) is 6.83. The SMILES string of the molecule is C=CCOc1c(Br)cc(/C=C2\SC(=Nc3ccc(Cl)cc3)NC2=O)cc1OC. The molecule has 28 heavy (non-hydrogen) atoms. The van der Waals surface area contributed by atoms with E-state index in [-0.39, 0.29) is 5.91 Å². The Labute approximate surface area is 180 Å². The van der Waals surface area contributed by atoms with Gasteiger partial charge in [-0.3, -0.25) is 4.79 Å². The largest absolute Gasteiger partial charge is 0.493 e. The fourth-order valence-corrected chi connectivity index (χ4v) is 3.91. The number of hydrogen-bond donors (Lipinski definition) is 1. The van der Waals surface area contributed by atoms with Crippen molar-refractivity contribution >= 4 is 62.1 Å². The van der Waals surface area contributed by atoms with Gasteiger partial charge in [0.25, 0.3) is 5.91 Å². The van der Waals surface area contributed by atoms with Gasteiger partial charge >= 0.3 is 0 Å². The average Bonchev–Trinajstić information content (AvgIpc) is 3.01. The number of methoxy groups -OCH3 is 1. The lowest BCUT2D eigenvalue weighted by Crippen LogP contribution is -2.19. The van der Waals surface area contributed by atoms with Crippen LogP contribution in [0.15, 0.2) is 63.4 Å². The molecule has 1 amide bonds. The van der Waals surface area contributed by atoms with Gasteiger partial charge in [-0.1, -0.05) is 24.3 Å². The Hall–Kier alpha value is -2.22. The molecule has 1 aliphatic rings. The monoisotopic (exact) mass is 478 g/mol. The molecule has 2 aromatic rings. The summed E-state index contributed by atoms with van der Waals surface area (Å²) in [6, 6.07) is 10.7. The second-order valence-corrected chi connectivity index (χ2v) is 7.91. The van der Waals surface area contributed by atoms with E-state index in [9.17, 15) is 4.79 Å². The van der Waals surface area contributed by atoms with E-state index >= 15 is 0 Å². The van der Waals surface area contributed by atoms with Crippen molar-refractivity contribution in [2.75, 3.05) is 13.7 Å². The van der Waals surface area contributed by atoms with Crippen LogP contribution in [0.1, 0.15) is 5.56 Å². The smallest absolute Gasteiger partial charge is 0.264 e. The summed E-state index contributed by atoms with van der Waals surface area (Å²) >= 11 is 10.6. The summed E-state index contributed by atoms with van der Waals surface area (Å²) in [5.74, 6) is 0.930. The number of carbonyl (C=O) groups excluding carboxylic acids is 1. The van der Waals surface area contributed by atoms with Gasteiger partial charge in [-0.2, -0.15) is 0 Å². The van der Waals surface area contributed by atoms with Crippen molar-refractivity contribution in [2.24, 2.45) is 4.99 Å². The van der Waals surface area contributed by atoms with E-state index < -0.39 is 0 Å². The molecule has 0 bridgehead atoms. The highest BCUT2D eigenvalue weighted by atomic mass is 79.9. The van der Waals surface area contributed by atoms with Crippen LogP contribution in [0, 0.1) is 0 Å². The summed E-state index contributed by atoms with van der Waals surface area (Å²) in [7, 11) is 1.56. The molecule has 1 N–H and O–H groups in total. The quantitative estimate of drug-likeness (QED) is 0.435. The molecule has 0 radical (unpaired) electrons. The summed E-state index contributed by atoms with van der Waals surface area (Å²) in [6.07, 6.45) is 3.43. The van der Waals surface area contributed by atoms with E-state index in [0.717, 1.165) is 10.0 Å². The number of halogens is 2. The van der Waals surface area contributed by atoms with Crippen molar-refractivity contribution in [3.05, 3.63) is 69.0 Å². The molecule has 0 spiro atoms. The number of ether oxygens (including phenoxy) is 2. The van der Waals surface area contributed by atoms with E-state index in [2.05, 4.69) is 32.8 Å². The molecule has 1 aliphatic heterocycles. The van der Waals surface area contributed by atoms with Gasteiger partial charge in [-0.05, 0) is 75.7 Å². The molecule has 0 saturated carbocycles. The van der Waals surface area contributed by atoms with Gasteiger partial charge in [0.05, 0.1) is 22.2 Å². The first kappa shape index (κ1) is 20.5. The van der Waals surface area contributed by atoms with Crippen LogP contribution in [0.3, 0.4) is 0 Å². The van der Waals surface area contributed by atoms with Crippen molar-refractivity contribution in [1.29, 1.82) is 0 Å². The topological polar surface area (TPSA) is 59.9 Å². The molecule has 0 unspecified atom stereocenters. The van der Waals surface area contributed by atoms with Crippen LogP contribution in [0.4, 0.5) is 5.69 Å². The average molecular weight is 480 g/mol. The van der Waals surface area contributed by atoms with Crippen LogP contribution in [0.5, 0.6) is 11.5 Å². The Balaban J connectivity index is 1.85. The molecule has 1 fully saturated rings. The third kappa shape index (κ3) is 4.98. The lowest BCUT2D eigenvalue weighted by atomic mass is 10.2. The third-order valence-corrected chi connectivity index (χ3v) is 5.35. The molecule has 144 valence electrons. The standard InChI is InChI=1S/C20H16BrClN2O3S/c1-3-8-27-18-15(21)9-12(10-16(18)26-2)11-17-19(25)24-20(28-17)23-14-6-4-13(22)5-7-14/h3-7,9-11H,1,8H2,2H3,(H,23,24,25)/b17-11-. The van der Waals surface area contributed by atoms with Crippen molar-refractivity contribution < 1.29 is 14.3 Å². The third-order valence-electron chi connectivity index (χ3n) is 3.60. The minimum absolute atomic E-state index is 0.209. The van der Waals surface area contributed by atoms with E-state index in [1.165, 1.54) is 11.8 Å². The van der Waals surface area contributed by atoms with Gasteiger partial charge in [0.2, 0.25) is 0 Å². The number of benzene rings is 2. The fourth-order valence-electron chi connectivity index (χ4n) is 2.37. The molecule has 0 aliphatic carbocycles. The van der Waals surface area contributed by atoms with E-state index in [0.29, 0.717) is 38.9 Å². The van der Waals surface area contributed by atoms with E-state index in [1.807, 2.05) is 6.07 Å². The number of hydrogen-bond acceptors (Lipinski definition) is 5. The molecule has 5 nitrogen and oxygen atoms in total. The summed E-state index contributed by atoms with van der Waals surface area (Å²) < 4.78 is 11.7. The van der Waals surface area contributed by atoms with Crippen molar-refractivity contribution in [3.63, 3.8) is 0 Å². The number of carbonyl (C=O) groups is 1. The van der Waals surface area contributed by atoms with Crippen LogP contribution < -0.4 is 14.8 Å². The summed E-state index contributed by atoms with van der Waals surface area (Å²) in [6.45, 7) is 4.00. The number of aliphatic imine (C=N–C) groups is 1. The fraction of sp³-hybridized carbons (Fsp3) is 0.100. The second-order valence-electron chi connectivity index (χ2n) is 5.59. The molecule has 2 aromatic carbocycles. The minimum atomic E-state index is -0.209. The Morgan fingerprint density at radius 2 is 2.07 bits per heavy atom. The first-order valence-electron chi connectivity index (χ1n) is 8.16. The maximum atomic E-state index is 12.3. The highest BCUT2D eigenvalue weighted by Crippen LogP contribution is 2.38. The van der Waals surface area contributed by atoms with Crippen LogP contribution in [-0.4, -0.2) is 24.8 Å². The Morgan fingerprint density at radius 3 is 2.75 bits per heavy atom. The van der Waals surface area contributed by atoms with Crippen molar-refractivity contribution in [3.8, 4) is 11.5 Å². The number of nitrogens with zero attached hydrogens (tertiary/aromatic N) is 1. The normalized spacial score (nSPS) is 16.3. The highest BCUT2D eigenvalue weighted by Gasteiger charge is 2.24. The van der Waals surface area contributed by atoms with Crippen molar-refractivity contribution in [1.82, 2.24) is 5.32 Å². The number of thioether (sulfide) groups is 1. The maximum Gasteiger partial charge on any atom is 0.264 e. The molecule has 3 rings (SSSR count). The Bertz CT molecular complexity index is 974.